The maximum absolute atomic E-state index is 11.0. The van der Waals surface area contributed by atoms with Crippen LogP contribution >= 0.6 is 0 Å². The van der Waals surface area contributed by atoms with Crippen LogP contribution in [0.1, 0.15) is 33.1 Å². The van der Waals surface area contributed by atoms with E-state index in [1.807, 2.05) is 6.92 Å². The van der Waals surface area contributed by atoms with Gasteiger partial charge in [0.05, 0.1) is 11.5 Å². The summed E-state index contributed by atoms with van der Waals surface area (Å²) in [5, 5.41) is 17.1. The molecule has 1 heterocycles. The van der Waals surface area contributed by atoms with Gasteiger partial charge in [-0.3, -0.25) is 10.1 Å². The number of unbranched alkanes of at least 4 members (excludes halogenated alkanes) is 1. The molecule has 0 atom stereocenters. The molecule has 0 aromatic carbocycles. The SMILES string of the molecule is CCCCOCCNc1nc(NCCC)ccc1[N+](=O)[O-]. The zero-order valence-electron chi connectivity index (χ0n) is 12.7. The second-order valence-corrected chi connectivity index (χ2v) is 4.64. The zero-order valence-corrected chi connectivity index (χ0v) is 12.7. The van der Waals surface area contributed by atoms with Crippen molar-refractivity contribution in [3.8, 4) is 0 Å². The maximum Gasteiger partial charge on any atom is 0.311 e. The summed E-state index contributed by atoms with van der Waals surface area (Å²) in [5.74, 6) is 0.914. The van der Waals surface area contributed by atoms with E-state index >= 15 is 0 Å². The second kappa shape index (κ2) is 9.93. The van der Waals surface area contributed by atoms with E-state index in [9.17, 15) is 10.1 Å². The molecule has 1 rings (SSSR count). The highest BCUT2D eigenvalue weighted by molar-refractivity contribution is 5.60. The summed E-state index contributed by atoms with van der Waals surface area (Å²) in [5.41, 5.74) is -0.0226. The van der Waals surface area contributed by atoms with E-state index in [2.05, 4.69) is 22.5 Å². The van der Waals surface area contributed by atoms with Crippen molar-refractivity contribution < 1.29 is 9.66 Å². The Balaban J connectivity index is 2.57. The lowest BCUT2D eigenvalue weighted by atomic mass is 10.3. The van der Waals surface area contributed by atoms with Crippen LogP contribution < -0.4 is 10.6 Å². The van der Waals surface area contributed by atoms with Crippen LogP contribution in [0, 0.1) is 10.1 Å². The molecule has 0 bridgehead atoms. The van der Waals surface area contributed by atoms with Crippen LogP contribution in [-0.4, -0.2) is 36.2 Å². The number of nitrogens with zero attached hydrogens (tertiary/aromatic N) is 2. The van der Waals surface area contributed by atoms with Crippen LogP contribution in [0.25, 0.3) is 0 Å². The number of nitro groups is 1. The molecule has 2 N–H and O–H groups in total. The first-order valence-corrected chi connectivity index (χ1v) is 7.40. The third-order valence-electron chi connectivity index (χ3n) is 2.81. The largest absolute Gasteiger partial charge is 0.380 e. The second-order valence-electron chi connectivity index (χ2n) is 4.64. The van der Waals surface area contributed by atoms with Crippen LogP contribution in [0.2, 0.25) is 0 Å². The fourth-order valence-electron chi connectivity index (χ4n) is 1.67. The van der Waals surface area contributed by atoms with Gasteiger partial charge in [0.2, 0.25) is 5.82 Å². The number of hydrogen-bond acceptors (Lipinski definition) is 6. The summed E-state index contributed by atoms with van der Waals surface area (Å²) in [6, 6.07) is 3.09. The van der Waals surface area contributed by atoms with Crippen molar-refractivity contribution in [1.82, 2.24) is 4.98 Å². The number of ether oxygens (including phenoxy) is 1. The summed E-state index contributed by atoms with van der Waals surface area (Å²) >= 11 is 0. The number of rotatable bonds is 11. The van der Waals surface area contributed by atoms with E-state index in [4.69, 9.17) is 4.74 Å². The molecule has 0 aliphatic rings. The van der Waals surface area contributed by atoms with Crippen molar-refractivity contribution in [2.45, 2.75) is 33.1 Å². The molecule has 21 heavy (non-hydrogen) atoms. The molecule has 0 saturated heterocycles. The van der Waals surface area contributed by atoms with E-state index in [0.717, 1.165) is 25.8 Å². The molecule has 1 aromatic heterocycles. The van der Waals surface area contributed by atoms with Crippen molar-refractivity contribution in [3.63, 3.8) is 0 Å². The van der Waals surface area contributed by atoms with Crippen LogP contribution in [0.15, 0.2) is 12.1 Å². The van der Waals surface area contributed by atoms with E-state index in [-0.39, 0.29) is 11.5 Å². The topological polar surface area (TPSA) is 89.3 Å². The quantitative estimate of drug-likeness (QED) is 0.370. The Hall–Kier alpha value is -1.89. The first-order chi connectivity index (χ1) is 10.2. The molecule has 7 nitrogen and oxygen atoms in total. The van der Waals surface area contributed by atoms with Crippen LogP contribution in [0.5, 0.6) is 0 Å². The Morgan fingerprint density at radius 1 is 1.19 bits per heavy atom. The maximum atomic E-state index is 11.0. The highest BCUT2D eigenvalue weighted by Crippen LogP contribution is 2.23. The lowest BCUT2D eigenvalue weighted by Crippen LogP contribution is -2.13. The molecule has 0 radical (unpaired) electrons. The predicted molar refractivity (Wildman–Crippen MR) is 83.9 cm³/mol. The summed E-state index contributed by atoms with van der Waals surface area (Å²) in [6.45, 7) is 6.64. The standard InChI is InChI=1S/C14H24N4O3/c1-3-5-10-21-11-9-16-14-12(18(19)20)6-7-13(17-14)15-8-4-2/h6-7H,3-5,8-11H2,1-2H3,(H2,15,16,17). The van der Waals surface area contributed by atoms with Gasteiger partial charge < -0.3 is 15.4 Å². The molecule has 0 aliphatic carbocycles. The van der Waals surface area contributed by atoms with E-state index in [0.29, 0.717) is 25.6 Å². The molecule has 0 saturated carbocycles. The van der Waals surface area contributed by atoms with E-state index in [1.54, 1.807) is 6.07 Å². The molecular formula is C14H24N4O3. The van der Waals surface area contributed by atoms with Gasteiger partial charge in [-0.15, -0.1) is 0 Å². The molecule has 7 heteroatoms. The van der Waals surface area contributed by atoms with Gasteiger partial charge in [0.25, 0.3) is 0 Å². The molecule has 0 aliphatic heterocycles. The first kappa shape index (κ1) is 17.2. The third kappa shape index (κ3) is 6.40. The molecule has 118 valence electrons. The number of hydrogen-bond donors (Lipinski definition) is 2. The average molecular weight is 296 g/mol. The minimum Gasteiger partial charge on any atom is -0.380 e. The highest BCUT2D eigenvalue weighted by atomic mass is 16.6. The Labute approximate surface area is 125 Å². The van der Waals surface area contributed by atoms with Gasteiger partial charge in [-0.25, -0.2) is 4.98 Å². The smallest absolute Gasteiger partial charge is 0.311 e. The number of pyridine rings is 1. The predicted octanol–water partition coefficient (Wildman–Crippen LogP) is 3.04. The Morgan fingerprint density at radius 2 is 2.00 bits per heavy atom. The van der Waals surface area contributed by atoms with Crippen LogP contribution in [-0.2, 0) is 4.74 Å². The van der Waals surface area contributed by atoms with Crippen molar-refractivity contribution in [2.75, 3.05) is 36.9 Å². The van der Waals surface area contributed by atoms with Gasteiger partial charge in [0.15, 0.2) is 0 Å². The Kier molecular flexibility index (Phi) is 8.11. The number of anilines is 2. The molecule has 0 spiro atoms. The number of aromatic nitrogens is 1. The monoisotopic (exact) mass is 296 g/mol. The first-order valence-electron chi connectivity index (χ1n) is 7.40. The molecule has 1 aromatic rings. The third-order valence-corrected chi connectivity index (χ3v) is 2.81. The van der Waals surface area contributed by atoms with E-state index in [1.165, 1.54) is 6.07 Å². The van der Waals surface area contributed by atoms with Gasteiger partial charge in [-0.1, -0.05) is 20.3 Å². The van der Waals surface area contributed by atoms with Gasteiger partial charge in [-0.2, -0.15) is 0 Å². The van der Waals surface area contributed by atoms with E-state index < -0.39 is 4.92 Å². The minimum atomic E-state index is -0.434. The minimum absolute atomic E-state index is 0.0226. The zero-order chi connectivity index (χ0) is 15.5. The van der Waals surface area contributed by atoms with Gasteiger partial charge in [-0.05, 0) is 18.9 Å². The fourth-order valence-corrected chi connectivity index (χ4v) is 1.67. The number of nitrogens with one attached hydrogen (secondary N) is 2. The summed E-state index contributed by atoms with van der Waals surface area (Å²) in [6.07, 6.45) is 3.08. The molecule has 0 fully saturated rings. The Bertz CT molecular complexity index is 440. The fraction of sp³-hybridized carbons (Fsp3) is 0.643. The van der Waals surface area contributed by atoms with Crippen LogP contribution in [0.3, 0.4) is 0 Å². The lowest BCUT2D eigenvalue weighted by molar-refractivity contribution is -0.384. The van der Waals surface area contributed by atoms with Crippen LogP contribution in [0.4, 0.5) is 17.3 Å². The summed E-state index contributed by atoms with van der Waals surface area (Å²) in [4.78, 5) is 14.8. The van der Waals surface area contributed by atoms with Gasteiger partial charge in [0, 0.05) is 25.8 Å². The van der Waals surface area contributed by atoms with Crippen molar-refractivity contribution in [2.24, 2.45) is 0 Å². The highest BCUT2D eigenvalue weighted by Gasteiger charge is 2.15. The van der Waals surface area contributed by atoms with Crippen molar-refractivity contribution in [1.29, 1.82) is 0 Å². The summed E-state index contributed by atoms with van der Waals surface area (Å²) in [7, 11) is 0. The normalized spacial score (nSPS) is 10.4. The lowest BCUT2D eigenvalue weighted by Gasteiger charge is -2.09. The van der Waals surface area contributed by atoms with Crippen molar-refractivity contribution in [3.05, 3.63) is 22.2 Å². The Morgan fingerprint density at radius 3 is 2.67 bits per heavy atom. The molecule has 0 amide bonds. The molecular weight excluding hydrogens is 272 g/mol. The molecule has 0 unspecified atom stereocenters. The summed E-state index contributed by atoms with van der Waals surface area (Å²) < 4.78 is 5.42. The van der Waals surface area contributed by atoms with Crippen molar-refractivity contribution >= 4 is 17.3 Å². The van der Waals surface area contributed by atoms with Gasteiger partial charge in [0.1, 0.15) is 5.82 Å². The van der Waals surface area contributed by atoms with Gasteiger partial charge >= 0.3 is 5.69 Å². The average Bonchev–Trinajstić information content (AvgIpc) is 2.48.